The van der Waals surface area contributed by atoms with Crippen LogP contribution in [0, 0.1) is 0 Å². The highest BCUT2D eigenvalue weighted by Gasteiger charge is 2.31. The number of quaternary nitrogens is 1. The molecule has 1 atom stereocenters. The summed E-state index contributed by atoms with van der Waals surface area (Å²) in [5.74, 6) is 0.256. The van der Waals surface area contributed by atoms with Gasteiger partial charge in [-0.15, -0.1) is 0 Å². The van der Waals surface area contributed by atoms with Gasteiger partial charge in [-0.05, 0) is 37.5 Å². The summed E-state index contributed by atoms with van der Waals surface area (Å²) in [4.78, 5) is 5.87. The van der Waals surface area contributed by atoms with E-state index in [0.29, 0.717) is 10.5 Å². The molecule has 128 valence electrons. The molecule has 3 nitrogen and oxygen atoms in total. The summed E-state index contributed by atoms with van der Waals surface area (Å²) in [6, 6.07) is 16.2. The summed E-state index contributed by atoms with van der Waals surface area (Å²) in [7, 11) is 0. The number of aromatic hydroxyl groups is 1. The summed E-state index contributed by atoms with van der Waals surface area (Å²) in [5.41, 5.74) is 2.67. The van der Waals surface area contributed by atoms with Crippen LogP contribution in [-0.4, -0.2) is 23.2 Å². The molecular weight excluding hydrogens is 332 g/mol. The maximum atomic E-state index is 11.0. The molecule has 0 unspecified atom stereocenters. The van der Waals surface area contributed by atoms with E-state index in [2.05, 4.69) is 29.2 Å². The largest absolute Gasteiger partial charge is 0.505 e. The molecule has 4 heteroatoms. The van der Waals surface area contributed by atoms with Crippen molar-refractivity contribution in [2.75, 3.05) is 13.1 Å². The van der Waals surface area contributed by atoms with Crippen LogP contribution in [0.1, 0.15) is 36.4 Å². The van der Waals surface area contributed by atoms with Crippen molar-refractivity contribution in [3.63, 3.8) is 0 Å². The molecule has 1 aliphatic heterocycles. The van der Waals surface area contributed by atoms with Gasteiger partial charge in [0.1, 0.15) is 11.6 Å². The molecule has 1 fully saturated rings. The molecule has 0 radical (unpaired) electrons. The van der Waals surface area contributed by atoms with Crippen molar-refractivity contribution >= 4 is 22.5 Å². The number of fused-ring (bicyclic) bond motifs is 1. The number of rotatable bonds is 3. The molecule has 2 heterocycles. The van der Waals surface area contributed by atoms with Crippen LogP contribution in [0.2, 0.25) is 5.02 Å². The maximum absolute atomic E-state index is 11.0. The Morgan fingerprint density at radius 1 is 1.00 bits per heavy atom. The minimum atomic E-state index is 0.0745. The van der Waals surface area contributed by atoms with E-state index < -0.39 is 0 Å². The van der Waals surface area contributed by atoms with E-state index in [4.69, 9.17) is 11.6 Å². The molecule has 0 bridgehead atoms. The van der Waals surface area contributed by atoms with Gasteiger partial charge in [0.05, 0.1) is 23.7 Å². The molecule has 3 aromatic rings. The highest BCUT2D eigenvalue weighted by atomic mass is 35.5. The van der Waals surface area contributed by atoms with Gasteiger partial charge >= 0.3 is 0 Å². The molecule has 0 amide bonds. The minimum Gasteiger partial charge on any atom is -0.505 e. The number of piperidine rings is 1. The summed E-state index contributed by atoms with van der Waals surface area (Å²) < 4.78 is 0. The van der Waals surface area contributed by atoms with Crippen LogP contribution in [0.5, 0.6) is 5.75 Å². The quantitative estimate of drug-likeness (QED) is 0.752. The van der Waals surface area contributed by atoms with Gasteiger partial charge in [-0.25, -0.2) is 0 Å². The Kier molecular flexibility index (Phi) is 4.60. The van der Waals surface area contributed by atoms with Crippen LogP contribution >= 0.6 is 11.6 Å². The van der Waals surface area contributed by atoms with Gasteiger partial charge in [0.15, 0.2) is 5.75 Å². The van der Waals surface area contributed by atoms with E-state index in [-0.39, 0.29) is 11.8 Å². The number of likely N-dealkylation sites (tertiary alicyclic amines) is 1. The van der Waals surface area contributed by atoms with Crippen molar-refractivity contribution in [1.82, 2.24) is 4.98 Å². The van der Waals surface area contributed by atoms with E-state index in [0.717, 1.165) is 24.0 Å². The summed E-state index contributed by atoms with van der Waals surface area (Å²) in [5, 5.41) is 12.4. The number of phenols is 1. The van der Waals surface area contributed by atoms with Crippen LogP contribution in [0.25, 0.3) is 10.9 Å². The number of phenolic OH excluding ortho intramolecular Hbond substituents is 1. The molecule has 1 saturated heterocycles. The Balaban J connectivity index is 1.90. The summed E-state index contributed by atoms with van der Waals surface area (Å²) in [6.07, 6.45) is 5.43. The smallest absolute Gasteiger partial charge is 0.151 e. The van der Waals surface area contributed by atoms with Gasteiger partial charge < -0.3 is 10.0 Å². The van der Waals surface area contributed by atoms with E-state index in [1.54, 1.807) is 6.20 Å². The standard InChI is InChI=1S/C21H21ClN2O/c22-18-14-17(21(25)19-16(18)10-7-11-23-19)20(15-8-3-1-4-9-15)24-12-5-2-6-13-24/h1,3-4,7-11,14,20,25H,2,5-6,12-13H2/p+1/t20-/m0/s1. The maximum Gasteiger partial charge on any atom is 0.151 e. The third-order valence-corrected chi connectivity index (χ3v) is 5.51. The van der Waals surface area contributed by atoms with E-state index in [9.17, 15) is 5.11 Å². The molecule has 1 aliphatic rings. The number of halogens is 1. The SMILES string of the molecule is Oc1c([C@H](c2ccccc2)[NH+]2CCCCC2)cc(Cl)c2cccnc12. The van der Waals surface area contributed by atoms with Gasteiger partial charge in [-0.1, -0.05) is 41.9 Å². The molecule has 25 heavy (non-hydrogen) atoms. The van der Waals surface area contributed by atoms with E-state index >= 15 is 0 Å². The Labute approximate surface area is 152 Å². The van der Waals surface area contributed by atoms with Crippen molar-refractivity contribution in [1.29, 1.82) is 0 Å². The predicted octanol–water partition coefficient (Wildman–Crippen LogP) is 3.75. The Morgan fingerprint density at radius 2 is 1.76 bits per heavy atom. The lowest BCUT2D eigenvalue weighted by Crippen LogP contribution is -3.13. The van der Waals surface area contributed by atoms with Crippen LogP contribution in [0.15, 0.2) is 54.7 Å². The topological polar surface area (TPSA) is 37.6 Å². The molecular formula is C21H22ClN2O+. The number of hydrogen-bond donors (Lipinski definition) is 2. The lowest BCUT2D eigenvalue weighted by Gasteiger charge is -2.32. The van der Waals surface area contributed by atoms with Crippen LogP contribution in [-0.2, 0) is 0 Å². The average Bonchev–Trinajstić information content (AvgIpc) is 2.68. The fourth-order valence-electron chi connectivity index (χ4n) is 4.00. The zero-order valence-corrected chi connectivity index (χ0v) is 14.8. The number of nitrogens with one attached hydrogen (secondary N) is 1. The monoisotopic (exact) mass is 353 g/mol. The molecule has 4 rings (SSSR count). The first-order valence-corrected chi connectivity index (χ1v) is 9.29. The third kappa shape index (κ3) is 3.10. The lowest BCUT2D eigenvalue weighted by atomic mass is 9.93. The zero-order valence-electron chi connectivity index (χ0n) is 14.1. The summed E-state index contributed by atoms with van der Waals surface area (Å²) >= 11 is 6.54. The first-order valence-electron chi connectivity index (χ1n) is 8.91. The average molecular weight is 354 g/mol. The Bertz CT molecular complexity index is 876. The second-order valence-corrected chi connectivity index (χ2v) is 7.17. The third-order valence-electron chi connectivity index (χ3n) is 5.19. The highest BCUT2D eigenvalue weighted by Crippen LogP contribution is 2.37. The molecule has 0 aliphatic carbocycles. The zero-order chi connectivity index (χ0) is 17.2. The Morgan fingerprint density at radius 3 is 2.52 bits per heavy atom. The lowest BCUT2D eigenvalue weighted by molar-refractivity contribution is -0.930. The Hall–Kier alpha value is -2.10. The van der Waals surface area contributed by atoms with Crippen molar-refractivity contribution < 1.29 is 10.0 Å². The van der Waals surface area contributed by atoms with Crippen molar-refractivity contribution in [2.45, 2.75) is 25.3 Å². The first kappa shape index (κ1) is 16.4. The van der Waals surface area contributed by atoms with Gasteiger partial charge in [0, 0.05) is 17.1 Å². The molecule has 1 aromatic heterocycles. The van der Waals surface area contributed by atoms with Crippen molar-refractivity contribution in [2.24, 2.45) is 0 Å². The number of nitrogens with zero attached hydrogens (tertiary/aromatic N) is 1. The normalized spacial score (nSPS) is 16.8. The van der Waals surface area contributed by atoms with Crippen LogP contribution < -0.4 is 4.90 Å². The van der Waals surface area contributed by atoms with Gasteiger partial charge in [-0.3, -0.25) is 4.98 Å². The van der Waals surface area contributed by atoms with Crippen molar-refractivity contribution in [3.05, 3.63) is 70.9 Å². The van der Waals surface area contributed by atoms with E-state index in [1.165, 1.54) is 29.7 Å². The van der Waals surface area contributed by atoms with Crippen molar-refractivity contribution in [3.8, 4) is 5.75 Å². The fraction of sp³-hybridized carbons (Fsp3) is 0.286. The fourth-order valence-corrected chi connectivity index (χ4v) is 4.27. The second kappa shape index (κ2) is 7.03. The first-order chi connectivity index (χ1) is 12.3. The van der Waals surface area contributed by atoms with Gasteiger partial charge in [0.25, 0.3) is 0 Å². The number of hydrogen-bond acceptors (Lipinski definition) is 2. The number of aromatic nitrogens is 1. The number of benzene rings is 2. The number of pyridine rings is 1. The van der Waals surface area contributed by atoms with Crippen LogP contribution in [0.3, 0.4) is 0 Å². The van der Waals surface area contributed by atoms with Crippen LogP contribution in [0.4, 0.5) is 0 Å². The molecule has 0 spiro atoms. The summed E-state index contributed by atoms with van der Waals surface area (Å²) in [6.45, 7) is 2.22. The predicted molar refractivity (Wildman–Crippen MR) is 101 cm³/mol. The molecule has 2 N–H and O–H groups in total. The minimum absolute atomic E-state index is 0.0745. The highest BCUT2D eigenvalue weighted by molar-refractivity contribution is 6.35. The van der Waals surface area contributed by atoms with Gasteiger partial charge in [0.2, 0.25) is 0 Å². The van der Waals surface area contributed by atoms with E-state index in [1.807, 2.05) is 24.3 Å². The second-order valence-electron chi connectivity index (χ2n) is 6.76. The molecule has 0 saturated carbocycles. The molecule has 2 aromatic carbocycles. The van der Waals surface area contributed by atoms with Gasteiger partial charge in [-0.2, -0.15) is 0 Å².